The SMILES string of the molecule is NC(=O)c1ccc2[nH]cc(C=O)c2c1. The zero-order valence-corrected chi connectivity index (χ0v) is 7.28. The second-order valence-electron chi connectivity index (χ2n) is 2.99. The van der Waals surface area contributed by atoms with E-state index in [0.29, 0.717) is 11.1 Å². The van der Waals surface area contributed by atoms with Crippen LogP contribution in [0.3, 0.4) is 0 Å². The summed E-state index contributed by atoms with van der Waals surface area (Å²) < 4.78 is 0. The predicted molar refractivity (Wildman–Crippen MR) is 52.2 cm³/mol. The fraction of sp³-hybridized carbons (Fsp3) is 0. The maximum atomic E-state index is 10.9. The molecule has 0 spiro atoms. The van der Waals surface area contributed by atoms with Crippen molar-refractivity contribution in [1.82, 2.24) is 4.98 Å². The van der Waals surface area contributed by atoms with Crippen LogP contribution in [0, 0.1) is 0 Å². The maximum Gasteiger partial charge on any atom is 0.248 e. The highest BCUT2D eigenvalue weighted by Crippen LogP contribution is 2.18. The number of aromatic amines is 1. The highest BCUT2D eigenvalue weighted by molar-refractivity contribution is 6.02. The van der Waals surface area contributed by atoms with Gasteiger partial charge in [0.25, 0.3) is 0 Å². The summed E-state index contributed by atoms with van der Waals surface area (Å²) in [6.45, 7) is 0. The molecule has 3 N–H and O–H groups in total. The topological polar surface area (TPSA) is 76.0 Å². The zero-order chi connectivity index (χ0) is 10.1. The van der Waals surface area contributed by atoms with E-state index in [1.54, 1.807) is 24.4 Å². The predicted octanol–water partition coefficient (Wildman–Crippen LogP) is 1.08. The summed E-state index contributed by atoms with van der Waals surface area (Å²) in [4.78, 5) is 24.4. The van der Waals surface area contributed by atoms with Crippen LogP contribution in [-0.4, -0.2) is 17.2 Å². The van der Waals surface area contributed by atoms with Crippen LogP contribution in [0.1, 0.15) is 20.7 Å². The van der Waals surface area contributed by atoms with E-state index in [-0.39, 0.29) is 0 Å². The number of H-pyrrole nitrogens is 1. The van der Waals surface area contributed by atoms with Gasteiger partial charge in [-0.15, -0.1) is 0 Å². The number of hydrogen-bond donors (Lipinski definition) is 2. The number of fused-ring (bicyclic) bond motifs is 1. The first-order valence-corrected chi connectivity index (χ1v) is 4.08. The van der Waals surface area contributed by atoms with Gasteiger partial charge in [0.05, 0.1) is 0 Å². The first kappa shape index (κ1) is 8.50. The summed E-state index contributed by atoms with van der Waals surface area (Å²) in [5, 5.41) is 0.719. The zero-order valence-electron chi connectivity index (χ0n) is 7.28. The van der Waals surface area contributed by atoms with Gasteiger partial charge in [0.2, 0.25) is 5.91 Å². The molecular weight excluding hydrogens is 180 g/mol. The van der Waals surface area contributed by atoms with Crippen LogP contribution in [-0.2, 0) is 0 Å². The number of benzene rings is 1. The molecule has 0 saturated heterocycles. The maximum absolute atomic E-state index is 10.9. The van der Waals surface area contributed by atoms with Crippen molar-refractivity contribution in [1.29, 1.82) is 0 Å². The van der Waals surface area contributed by atoms with Crippen LogP contribution in [0.15, 0.2) is 24.4 Å². The Bertz CT molecular complexity index is 514. The van der Waals surface area contributed by atoms with Gasteiger partial charge in [-0.05, 0) is 18.2 Å². The molecule has 0 aliphatic rings. The van der Waals surface area contributed by atoms with E-state index in [1.807, 2.05) is 0 Å². The van der Waals surface area contributed by atoms with Crippen LogP contribution in [0.2, 0.25) is 0 Å². The van der Waals surface area contributed by atoms with Crippen LogP contribution in [0.25, 0.3) is 10.9 Å². The number of aldehydes is 1. The first-order valence-electron chi connectivity index (χ1n) is 4.08. The number of carbonyl (C=O) groups is 2. The smallest absolute Gasteiger partial charge is 0.248 e. The highest BCUT2D eigenvalue weighted by atomic mass is 16.1. The monoisotopic (exact) mass is 188 g/mol. The van der Waals surface area contributed by atoms with Gasteiger partial charge in [-0.2, -0.15) is 0 Å². The van der Waals surface area contributed by atoms with Crippen molar-refractivity contribution in [2.75, 3.05) is 0 Å². The second-order valence-corrected chi connectivity index (χ2v) is 2.99. The average Bonchev–Trinajstić information content (AvgIpc) is 2.59. The van der Waals surface area contributed by atoms with Gasteiger partial charge in [0.15, 0.2) is 6.29 Å². The molecule has 0 saturated carbocycles. The molecule has 70 valence electrons. The molecule has 4 nitrogen and oxygen atoms in total. The fourth-order valence-corrected chi connectivity index (χ4v) is 1.39. The molecule has 2 rings (SSSR count). The lowest BCUT2D eigenvalue weighted by Crippen LogP contribution is -2.10. The molecule has 2 aromatic rings. The molecule has 0 atom stereocenters. The summed E-state index contributed by atoms with van der Waals surface area (Å²) in [7, 11) is 0. The van der Waals surface area contributed by atoms with E-state index >= 15 is 0 Å². The average molecular weight is 188 g/mol. The summed E-state index contributed by atoms with van der Waals surface area (Å²) >= 11 is 0. The molecular formula is C10H8N2O2. The Morgan fingerprint density at radius 3 is 2.86 bits per heavy atom. The normalized spacial score (nSPS) is 10.3. The number of nitrogens with one attached hydrogen (secondary N) is 1. The van der Waals surface area contributed by atoms with E-state index < -0.39 is 5.91 Å². The fourth-order valence-electron chi connectivity index (χ4n) is 1.39. The van der Waals surface area contributed by atoms with E-state index in [2.05, 4.69) is 4.98 Å². The number of rotatable bonds is 2. The number of nitrogens with two attached hydrogens (primary N) is 1. The summed E-state index contributed by atoms with van der Waals surface area (Å²) in [6, 6.07) is 4.95. The van der Waals surface area contributed by atoms with Gasteiger partial charge < -0.3 is 10.7 Å². The van der Waals surface area contributed by atoms with Crippen LogP contribution >= 0.6 is 0 Å². The molecule has 0 radical (unpaired) electrons. The molecule has 1 aromatic carbocycles. The summed E-state index contributed by atoms with van der Waals surface area (Å²) in [5.74, 6) is -0.495. The lowest BCUT2D eigenvalue weighted by Gasteiger charge is -1.95. The van der Waals surface area contributed by atoms with Gasteiger partial charge in [-0.3, -0.25) is 9.59 Å². The Labute approximate surface area is 79.7 Å². The van der Waals surface area contributed by atoms with E-state index in [0.717, 1.165) is 17.2 Å². The second kappa shape index (κ2) is 2.99. The standard InChI is InChI=1S/C10H8N2O2/c11-10(14)6-1-2-9-8(3-6)7(5-13)4-12-9/h1-5,12H,(H2,11,14). The van der Waals surface area contributed by atoms with Crippen LogP contribution in [0.5, 0.6) is 0 Å². The molecule has 0 aliphatic carbocycles. The lowest BCUT2D eigenvalue weighted by atomic mass is 10.1. The van der Waals surface area contributed by atoms with Crippen LogP contribution < -0.4 is 5.73 Å². The van der Waals surface area contributed by atoms with E-state index in [4.69, 9.17) is 5.73 Å². The quantitative estimate of drug-likeness (QED) is 0.692. The number of aromatic nitrogens is 1. The van der Waals surface area contributed by atoms with Gasteiger partial charge in [-0.1, -0.05) is 0 Å². The minimum Gasteiger partial charge on any atom is -0.366 e. The Balaban J connectivity index is 2.73. The molecule has 0 aliphatic heterocycles. The molecule has 0 bridgehead atoms. The Morgan fingerprint density at radius 1 is 1.43 bits per heavy atom. The molecule has 1 heterocycles. The van der Waals surface area contributed by atoms with Crippen molar-refractivity contribution < 1.29 is 9.59 Å². The van der Waals surface area contributed by atoms with Crippen molar-refractivity contribution >= 4 is 23.1 Å². The lowest BCUT2D eigenvalue weighted by molar-refractivity contribution is 0.0999. The van der Waals surface area contributed by atoms with Crippen molar-refractivity contribution in [3.8, 4) is 0 Å². The molecule has 0 unspecified atom stereocenters. The van der Waals surface area contributed by atoms with Crippen molar-refractivity contribution in [3.05, 3.63) is 35.5 Å². The van der Waals surface area contributed by atoms with Gasteiger partial charge in [0, 0.05) is 28.2 Å². The molecule has 1 aromatic heterocycles. The van der Waals surface area contributed by atoms with E-state index in [9.17, 15) is 9.59 Å². The largest absolute Gasteiger partial charge is 0.366 e. The minimum atomic E-state index is -0.495. The third-order valence-electron chi connectivity index (χ3n) is 2.13. The Hall–Kier alpha value is -2.10. The van der Waals surface area contributed by atoms with Gasteiger partial charge >= 0.3 is 0 Å². The number of primary amides is 1. The van der Waals surface area contributed by atoms with E-state index in [1.165, 1.54) is 0 Å². The third-order valence-corrected chi connectivity index (χ3v) is 2.13. The van der Waals surface area contributed by atoms with Gasteiger partial charge in [0.1, 0.15) is 0 Å². The molecule has 1 amide bonds. The Kier molecular flexibility index (Phi) is 1.81. The third kappa shape index (κ3) is 1.17. The Morgan fingerprint density at radius 2 is 2.21 bits per heavy atom. The van der Waals surface area contributed by atoms with Crippen molar-refractivity contribution in [3.63, 3.8) is 0 Å². The summed E-state index contributed by atoms with van der Waals surface area (Å²) in [6.07, 6.45) is 2.34. The molecule has 14 heavy (non-hydrogen) atoms. The first-order chi connectivity index (χ1) is 6.72. The minimum absolute atomic E-state index is 0.403. The molecule has 0 fully saturated rings. The van der Waals surface area contributed by atoms with Crippen LogP contribution in [0.4, 0.5) is 0 Å². The highest BCUT2D eigenvalue weighted by Gasteiger charge is 2.05. The molecule has 4 heteroatoms. The van der Waals surface area contributed by atoms with Crippen molar-refractivity contribution in [2.45, 2.75) is 0 Å². The number of amides is 1. The van der Waals surface area contributed by atoms with Gasteiger partial charge in [-0.25, -0.2) is 0 Å². The number of hydrogen-bond acceptors (Lipinski definition) is 2. The number of carbonyl (C=O) groups excluding carboxylic acids is 2. The summed E-state index contributed by atoms with van der Waals surface area (Å²) in [5.41, 5.74) is 6.88. The van der Waals surface area contributed by atoms with Crippen molar-refractivity contribution in [2.24, 2.45) is 5.73 Å².